The summed E-state index contributed by atoms with van der Waals surface area (Å²) in [6.45, 7) is 3.98. The van der Waals surface area contributed by atoms with Gasteiger partial charge in [0.15, 0.2) is 0 Å². The van der Waals surface area contributed by atoms with Crippen LogP contribution in [-0.4, -0.2) is 37.0 Å². The molecule has 18 heavy (non-hydrogen) atoms. The highest BCUT2D eigenvalue weighted by Crippen LogP contribution is 2.09. The summed E-state index contributed by atoms with van der Waals surface area (Å²) in [7, 11) is 0. The Morgan fingerprint density at radius 2 is 1.83 bits per heavy atom. The molecule has 1 aliphatic rings. The van der Waals surface area contributed by atoms with Gasteiger partial charge < -0.3 is 10.2 Å². The van der Waals surface area contributed by atoms with Crippen molar-refractivity contribution in [3.05, 3.63) is 34.9 Å². The van der Waals surface area contributed by atoms with Crippen molar-refractivity contribution in [1.82, 2.24) is 10.2 Å². The SMILES string of the molecule is Cl.O=C(NCCN1CCCC1)c1ccc(Cl)cc1. The lowest BCUT2D eigenvalue weighted by molar-refractivity contribution is 0.0950. The standard InChI is InChI=1S/C13H17ClN2O.ClH/c14-12-5-3-11(4-6-12)13(17)15-7-10-16-8-1-2-9-16;/h3-6H,1-2,7-10H2,(H,15,17);1H. The van der Waals surface area contributed by atoms with Crippen LogP contribution >= 0.6 is 24.0 Å². The Morgan fingerprint density at radius 3 is 2.44 bits per heavy atom. The smallest absolute Gasteiger partial charge is 0.251 e. The van der Waals surface area contributed by atoms with Crippen molar-refractivity contribution in [1.29, 1.82) is 0 Å². The summed E-state index contributed by atoms with van der Waals surface area (Å²) < 4.78 is 0. The van der Waals surface area contributed by atoms with E-state index in [4.69, 9.17) is 11.6 Å². The van der Waals surface area contributed by atoms with Crippen LogP contribution in [0.4, 0.5) is 0 Å². The van der Waals surface area contributed by atoms with Gasteiger partial charge in [-0.1, -0.05) is 11.6 Å². The van der Waals surface area contributed by atoms with Gasteiger partial charge in [-0.3, -0.25) is 4.79 Å². The van der Waals surface area contributed by atoms with Crippen molar-refractivity contribution in [3.8, 4) is 0 Å². The van der Waals surface area contributed by atoms with Gasteiger partial charge in [0, 0.05) is 23.7 Å². The predicted octanol–water partition coefficient (Wildman–Crippen LogP) is 2.59. The predicted molar refractivity (Wildman–Crippen MR) is 76.7 cm³/mol. The highest BCUT2D eigenvalue weighted by molar-refractivity contribution is 6.30. The Labute approximate surface area is 119 Å². The fourth-order valence-electron chi connectivity index (χ4n) is 2.04. The van der Waals surface area contributed by atoms with E-state index in [1.165, 1.54) is 12.8 Å². The van der Waals surface area contributed by atoms with Crippen LogP contribution in [0.1, 0.15) is 23.2 Å². The second-order valence-electron chi connectivity index (χ2n) is 4.31. The third-order valence-corrected chi connectivity index (χ3v) is 3.27. The van der Waals surface area contributed by atoms with Gasteiger partial charge in [-0.05, 0) is 50.2 Å². The minimum absolute atomic E-state index is 0. The molecule has 2 rings (SSSR count). The van der Waals surface area contributed by atoms with Crippen LogP contribution in [-0.2, 0) is 0 Å². The first kappa shape index (κ1) is 15.3. The first-order chi connectivity index (χ1) is 8.25. The average molecular weight is 289 g/mol. The molecular formula is C13H18Cl2N2O. The molecule has 0 spiro atoms. The summed E-state index contributed by atoms with van der Waals surface area (Å²) in [5.74, 6) is -0.0270. The molecule has 0 bridgehead atoms. The number of hydrogen-bond donors (Lipinski definition) is 1. The van der Waals surface area contributed by atoms with Gasteiger partial charge in [-0.15, -0.1) is 12.4 Å². The van der Waals surface area contributed by atoms with Crippen molar-refractivity contribution >= 4 is 29.9 Å². The molecule has 0 aromatic heterocycles. The van der Waals surface area contributed by atoms with E-state index in [9.17, 15) is 4.79 Å². The van der Waals surface area contributed by atoms with Crippen LogP contribution in [0.2, 0.25) is 5.02 Å². The van der Waals surface area contributed by atoms with Crippen molar-refractivity contribution in [2.45, 2.75) is 12.8 Å². The van der Waals surface area contributed by atoms with E-state index >= 15 is 0 Å². The molecule has 100 valence electrons. The zero-order valence-corrected chi connectivity index (χ0v) is 11.8. The molecule has 5 heteroatoms. The van der Waals surface area contributed by atoms with Gasteiger partial charge in [0.25, 0.3) is 5.91 Å². The molecule has 1 saturated heterocycles. The lowest BCUT2D eigenvalue weighted by Crippen LogP contribution is -2.33. The highest BCUT2D eigenvalue weighted by atomic mass is 35.5. The van der Waals surface area contributed by atoms with Gasteiger partial charge in [0.05, 0.1) is 0 Å². The fourth-order valence-corrected chi connectivity index (χ4v) is 2.16. The molecule has 0 radical (unpaired) electrons. The van der Waals surface area contributed by atoms with Gasteiger partial charge in [-0.2, -0.15) is 0 Å². The third kappa shape index (κ3) is 4.48. The summed E-state index contributed by atoms with van der Waals surface area (Å²) in [6, 6.07) is 6.95. The van der Waals surface area contributed by atoms with E-state index in [2.05, 4.69) is 10.2 Å². The lowest BCUT2D eigenvalue weighted by atomic mass is 10.2. The molecule has 1 aromatic rings. The Bertz CT molecular complexity index is 375. The first-order valence-corrected chi connectivity index (χ1v) is 6.39. The van der Waals surface area contributed by atoms with Crippen LogP contribution < -0.4 is 5.32 Å². The molecule has 0 saturated carbocycles. The molecule has 0 unspecified atom stereocenters. The van der Waals surface area contributed by atoms with E-state index in [-0.39, 0.29) is 18.3 Å². The normalized spacial score (nSPS) is 15.2. The Kier molecular flexibility index (Phi) is 6.47. The van der Waals surface area contributed by atoms with E-state index in [0.29, 0.717) is 17.1 Å². The molecule has 0 aliphatic carbocycles. The van der Waals surface area contributed by atoms with Crippen molar-refractivity contribution in [2.24, 2.45) is 0 Å². The van der Waals surface area contributed by atoms with Crippen LogP contribution in [0.25, 0.3) is 0 Å². The maximum atomic E-state index is 11.8. The number of benzene rings is 1. The van der Waals surface area contributed by atoms with Gasteiger partial charge in [0.2, 0.25) is 0 Å². The topological polar surface area (TPSA) is 32.3 Å². The minimum Gasteiger partial charge on any atom is -0.351 e. The maximum absolute atomic E-state index is 11.8. The molecule has 1 N–H and O–H groups in total. The summed E-state index contributed by atoms with van der Waals surface area (Å²) >= 11 is 5.77. The average Bonchev–Trinajstić information content (AvgIpc) is 2.83. The van der Waals surface area contributed by atoms with Crippen molar-refractivity contribution in [3.63, 3.8) is 0 Å². The second kappa shape index (κ2) is 7.62. The van der Waals surface area contributed by atoms with E-state index < -0.39 is 0 Å². The van der Waals surface area contributed by atoms with E-state index in [1.54, 1.807) is 24.3 Å². The summed E-state index contributed by atoms with van der Waals surface area (Å²) in [5.41, 5.74) is 0.663. The molecule has 1 fully saturated rings. The van der Waals surface area contributed by atoms with Crippen LogP contribution in [0.3, 0.4) is 0 Å². The number of halogens is 2. The van der Waals surface area contributed by atoms with Crippen LogP contribution in [0.15, 0.2) is 24.3 Å². The number of amides is 1. The van der Waals surface area contributed by atoms with Crippen molar-refractivity contribution in [2.75, 3.05) is 26.2 Å². The van der Waals surface area contributed by atoms with Gasteiger partial charge in [0.1, 0.15) is 0 Å². The lowest BCUT2D eigenvalue weighted by Gasteiger charge is -2.14. The third-order valence-electron chi connectivity index (χ3n) is 3.02. The molecule has 3 nitrogen and oxygen atoms in total. The van der Waals surface area contributed by atoms with Gasteiger partial charge >= 0.3 is 0 Å². The Hall–Kier alpha value is -0.770. The Balaban J connectivity index is 0.00000162. The summed E-state index contributed by atoms with van der Waals surface area (Å²) in [6.07, 6.45) is 2.57. The maximum Gasteiger partial charge on any atom is 0.251 e. The molecule has 1 aliphatic heterocycles. The Morgan fingerprint density at radius 1 is 1.22 bits per heavy atom. The first-order valence-electron chi connectivity index (χ1n) is 6.02. The number of carbonyl (C=O) groups is 1. The van der Waals surface area contributed by atoms with E-state index in [1.807, 2.05) is 0 Å². The fraction of sp³-hybridized carbons (Fsp3) is 0.462. The number of rotatable bonds is 4. The zero-order chi connectivity index (χ0) is 12.1. The van der Waals surface area contributed by atoms with Crippen LogP contribution in [0, 0.1) is 0 Å². The largest absolute Gasteiger partial charge is 0.351 e. The molecule has 1 aromatic carbocycles. The number of nitrogens with one attached hydrogen (secondary N) is 1. The number of hydrogen-bond acceptors (Lipinski definition) is 2. The summed E-state index contributed by atoms with van der Waals surface area (Å²) in [5, 5.41) is 3.57. The van der Waals surface area contributed by atoms with Crippen LogP contribution in [0.5, 0.6) is 0 Å². The minimum atomic E-state index is -0.0270. The summed E-state index contributed by atoms with van der Waals surface area (Å²) in [4.78, 5) is 14.1. The molecule has 1 heterocycles. The second-order valence-corrected chi connectivity index (χ2v) is 4.75. The number of likely N-dealkylation sites (tertiary alicyclic amines) is 1. The highest BCUT2D eigenvalue weighted by Gasteiger charge is 2.11. The number of nitrogens with zero attached hydrogens (tertiary/aromatic N) is 1. The number of carbonyl (C=O) groups excluding carboxylic acids is 1. The van der Waals surface area contributed by atoms with E-state index in [0.717, 1.165) is 19.6 Å². The monoisotopic (exact) mass is 288 g/mol. The molecule has 1 amide bonds. The zero-order valence-electron chi connectivity index (χ0n) is 10.2. The molecular weight excluding hydrogens is 271 g/mol. The van der Waals surface area contributed by atoms with Gasteiger partial charge in [-0.25, -0.2) is 0 Å². The quantitative estimate of drug-likeness (QED) is 0.924. The van der Waals surface area contributed by atoms with Crippen molar-refractivity contribution < 1.29 is 4.79 Å². The molecule has 0 atom stereocenters.